The Kier molecular flexibility index (Phi) is 4.74. The molecule has 1 aromatic carbocycles. The molecule has 2 aliphatic heterocycles. The Labute approximate surface area is 159 Å². The lowest BCUT2D eigenvalue weighted by Crippen LogP contribution is -2.36. The van der Waals surface area contributed by atoms with Gasteiger partial charge in [-0.1, -0.05) is 18.2 Å². The lowest BCUT2D eigenvalue weighted by molar-refractivity contribution is -0.129. The molecule has 0 unspecified atom stereocenters. The van der Waals surface area contributed by atoms with Crippen LogP contribution in [0.2, 0.25) is 0 Å². The van der Waals surface area contributed by atoms with Gasteiger partial charge in [0, 0.05) is 56.8 Å². The molecular formula is C20H23N3O3S. The monoisotopic (exact) mass is 385 g/mol. The van der Waals surface area contributed by atoms with E-state index in [2.05, 4.69) is 16.0 Å². The summed E-state index contributed by atoms with van der Waals surface area (Å²) in [5.41, 5.74) is 2.13. The smallest absolute Gasteiger partial charge is 0.224 e. The first-order valence-corrected chi connectivity index (χ1v) is 11.0. The van der Waals surface area contributed by atoms with Crippen LogP contribution in [0.4, 0.5) is 0 Å². The van der Waals surface area contributed by atoms with Gasteiger partial charge < -0.3 is 4.90 Å². The van der Waals surface area contributed by atoms with E-state index in [0.717, 1.165) is 25.1 Å². The van der Waals surface area contributed by atoms with Crippen LogP contribution in [0.25, 0.3) is 0 Å². The molecule has 1 amide bonds. The molecule has 3 heterocycles. The first kappa shape index (κ1) is 18.1. The molecule has 27 heavy (non-hydrogen) atoms. The molecule has 0 radical (unpaired) electrons. The fraction of sp³-hybridized carbons (Fsp3) is 0.400. The number of amides is 1. The molecule has 1 aromatic heterocycles. The second-order valence-electron chi connectivity index (χ2n) is 7.40. The van der Waals surface area contributed by atoms with Crippen LogP contribution in [0, 0.1) is 0 Å². The quantitative estimate of drug-likeness (QED) is 0.786. The predicted octanol–water partition coefficient (Wildman–Crippen LogP) is 1.86. The van der Waals surface area contributed by atoms with Gasteiger partial charge >= 0.3 is 0 Å². The van der Waals surface area contributed by atoms with Crippen molar-refractivity contribution in [2.75, 3.05) is 12.8 Å². The Morgan fingerprint density at radius 1 is 1.07 bits per heavy atom. The van der Waals surface area contributed by atoms with Crippen molar-refractivity contribution in [2.24, 2.45) is 0 Å². The minimum absolute atomic E-state index is 0.174. The zero-order valence-corrected chi connectivity index (χ0v) is 16.1. The van der Waals surface area contributed by atoms with E-state index in [1.54, 1.807) is 30.5 Å². The number of carbonyl (C=O) groups is 1. The Balaban J connectivity index is 1.45. The molecule has 0 bridgehead atoms. The molecule has 2 fully saturated rings. The maximum atomic E-state index is 12.6. The van der Waals surface area contributed by atoms with Gasteiger partial charge in [0.05, 0.1) is 4.90 Å². The van der Waals surface area contributed by atoms with Gasteiger partial charge in [0.2, 0.25) is 5.91 Å². The number of likely N-dealkylation sites (tertiary alicyclic amines) is 2. The van der Waals surface area contributed by atoms with E-state index in [9.17, 15) is 13.2 Å². The molecule has 6 nitrogen and oxygen atoms in total. The van der Waals surface area contributed by atoms with Crippen molar-refractivity contribution >= 4 is 15.7 Å². The number of pyridine rings is 1. The molecule has 0 N–H and O–H groups in total. The van der Waals surface area contributed by atoms with Gasteiger partial charge in [0.25, 0.3) is 0 Å². The molecule has 0 spiro atoms. The number of hydrogen-bond donors (Lipinski definition) is 0. The minimum atomic E-state index is -3.20. The third-order valence-electron chi connectivity index (χ3n) is 5.54. The first-order chi connectivity index (χ1) is 12.9. The number of nitrogens with zero attached hydrogens (tertiary/aromatic N) is 3. The zero-order chi connectivity index (χ0) is 19.0. The third kappa shape index (κ3) is 3.75. The van der Waals surface area contributed by atoms with Crippen molar-refractivity contribution < 1.29 is 13.2 Å². The molecule has 142 valence electrons. The van der Waals surface area contributed by atoms with E-state index in [4.69, 9.17) is 0 Å². The number of benzene rings is 1. The molecule has 2 aliphatic rings. The average Bonchev–Trinajstić information content (AvgIpc) is 3.16. The second kappa shape index (κ2) is 7.05. The number of rotatable bonds is 5. The van der Waals surface area contributed by atoms with E-state index in [0.29, 0.717) is 17.9 Å². The van der Waals surface area contributed by atoms with Gasteiger partial charge in [-0.15, -0.1) is 0 Å². The van der Waals surface area contributed by atoms with Crippen molar-refractivity contribution in [1.82, 2.24) is 14.8 Å². The Hall–Kier alpha value is -2.25. The van der Waals surface area contributed by atoms with E-state index >= 15 is 0 Å². The fourth-order valence-electron chi connectivity index (χ4n) is 4.18. The number of carbonyl (C=O) groups excluding carboxylic acids is 1. The summed E-state index contributed by atoms with van der Waals surface area (Å²) in [4.78, 5) is 21.4. The average molecular weight is 385 g/mol. The number of hydrogen-bond acceptors (Lipinski definition) is 5. The van der Waals surface area contributed by atoms with Crippen molar-refractivity contribution in [3.63, 3.8) is 0 Å². The number of fused-ring (bicyclic) bond motifs is 1. The molecule has 2 aromatic rings. The van der Waals surface area contributed by atoms with E-state index < -0.39 is 9.84 Å². The van der Waals surface area contributed by atoms with Crippen LogP contribution in [0.15, 0.2) is 53.7 Å². The van der Waals surface area contributed by atoms with Crippen LogP contribution >= 0.6 is 0 Å². The summed E-state index contributed by atoms with van der Waals surface area (Å²) in [7, 11) is -3.20. The molecule has 0 aliphatic carbocycles. The summed E-state index contributed by atoms with van der Waals surface area (Å²) in [6.45, 7) is 2.32. The van der Waals surface area contributed by atoms with Gasteiger partial charge in [0.1, 0.15) is 0 Å². The van der Waals surface area contributed by atoms with Crippen molar-refractivity contribution in [3.05, 3.63) is 59.9 Å². The lowest BCUT2D eigenvalue weighted by Gasteiger charge is -2.25. The summed E-state index contributed by atoms with van der Waals surface area (Å²) in [5, 5.41) is 0. The highest BCUT2D eigenvalue weighted by molar-refractivity contribution is 7.90. The largest absolute Gasteiger partial charge is 0.334 e. The molecule has 0 saturated carbocycles. The van der Waals surface area contributed by atoms with Crippen LogP contribution in [-0.2, 0) is 27.7 Å². The van der Waals surface area contributed by atoms with Crippen LogP contribution in [0.5, 0.6) is 0 Å². The zero-order valence-electron chi connectivity index (χ0n) is 15.3. The van der Waals surface area contributed by atoms with Gasteiger partial charge in [-0.05, 0) is 35.7 Å². The van der Waals surface area contributed by atoms with Gasteiger partial charge in [-0.3, -0.25) is 14.7 Å². The Morgan fingerprint density at radius 3 is 2.52 bits per heavy atom. The van der Waals surface area contributed by atoms with Crippen LogP contribution in [0.1, 0.15) is 24.0 Å². The van der Waals surface area contributed by atoms with Crippen LogP contribution in [0.3, 0.4) is 0 Å². The number of aromatic nitrogens is 1. The second-order valence-corrected chi connectivity index (χ2v) is 9.41. The third-order valence-corrected chi connectivity index (χ3v) is 6.67. The van der Waals surface area contributed by atoms with Crippen molar-refractivity contribution in [1.29, 1.82) is 0 Å². The SMILES string of the molecule is CS(=O)(=O)c1ccc(CN2C(=O)C[C@H]3[C@@H]2CCN3Cc2cccnc2)cc1. The van der Waals surface area contributed by atoms with Gasteiger partial charge in [0.15, 0.2) is 9.84 Å². The fourth-order valence-corrected chi connectivity index (χ4v) is 4.81. The summed E-state index contributed by atoms with van der Waals surface area (Å²) in [6, 6.07) is 11.3. The molecule has 2 saturated heterocycles. The van der Waals surface area contributed by atoms with Crippen molar-refractivity contribution in [2.45, 2.75) is 42.9 Å². The topological polar surface area (TPSA) is 70.6 Å². The summed E-state index contributed by atoms with van der Waals surface area (Å²) >= 11 is 0. The molecule has 4 rings (SSSR count). The normalized spacial score (nSPS) is 23.0. The number of sulfone groups is 1. The molecule has 2 atom stereocenters. The maximum absolute atomic E-state index is 12.6. The maximum Gasteiger partial charge on any atom is 0.224 e. The summed E-state index contributed by atoms with van der Waals surface area (Å²) < 4.78 is 23.2. The Bertz CT molecular complexity index is 929. The first-order valence-electron chi connectivity index (χ1n) is 9.13. The van der Waals surface area contributed by atoms with Crippen molar-refractivity contribution in [3.8, 4) is 0 Å². The molecular weight excluding hydrogens is 362 g/mol. The lowest BCUT2D eigenvalue weighted by atomic mass is 10.1. The van der Waals surface area contributed by atoms with Gasteiger partial charge in [-0.25, -0.2) is 8.42 Å². The highest BCUT2D eigenvalue weighted by Crippen LogP contribution is 2.34. The Morgan fingerprint density at radius 2 is 1.85 bits per heavy atom. The van der Waals surface area contributed by atoms with E-state index in [-0.39, 0.29) is 18.0 Å². The van der Waals surface area contributed by atoms with Crippen LogP contribution < -0.4 is 0 Å². The van der Waals surface area contributed by atoms with Crippen LogP contribution in [-0.4, -0.2) is 54.0 Å². The van der Waals surface area contributed by atoms with E-state index in [1.165, 1.54) is 11.8 Å². The predicted molar refractivity (Wildman–Crippen MR) is 102 cm³/mol. The highest BCUT2D eigenvalue weighted by Gasteiger charge is 2.46. The summed E-state index contributed by atoms with van der Waals surface area (Å²) in [6.07, 6.45) is 6.37. The highest BCUT2D eigenvalue weighted by atomic mass is 32.2. The van der Waals surface area contributed by atoms with E-state index in [1.807, 2.05) is 17.2 Å². The standard InChI is InChI=1S/C20H23N3O3S/c1-27(25,26)17-6-4-15(5-7-17)14-23-18-8-10-22(19(18)11-20(23)24)13-16-3-2-9-21-12-16/h2-7,9,12,18-19H,8,10-11,13-14H2,1H3/t18-,19-/m0/s1. The minimum Gasteiger partial charge on any atom is -0.334 e. The van der Waals surface area contributed by atoms with Gasteiger partial charge in [-0.2, -0.15) is 0 Å². The summed E-state index contributed by atoms with van der Waals surface area (Å²) in [5.74, 6) is 0.174. The molecule has 7 heteroatoms.